The summed E-state index contributed by atoms with van der Waals surface area (Å²) in [5.74, 6) is 0. The maximum atomic E-state index is 3.84. The third-order valence-electron chi connectivity index (χ3n) is 1.05. The summed E-state index contributed by atoms with van der Waals surface area (Å²) in [6, 6.07) is 0.449. The van der Waals surface area contributed by atoms with Crippen LogP contribution >= 0.6 is 0 Å². The lowest BCUT2D eigenvalue weighted by atomic mass is 10.2. The molecular weight excluding hydrogens is 86.1 g/mol. The summed E-state index contributed by atoms with van der Waals surface area (Å²) in [6.07, 6.45) is 2.39. The minimum absolute atomic E-state index is 0.449. The van der Waals surface area contributed by atoms with Crippen molar-refractivity contribution >= 4 is 0 Å². The Bertz CT molecular complexity index is 35.2. The molecule has 7 heavy (non-hydrogen) atoms. The van der Waals surface area contributed by atoms with Crippen LogP contribution in [0.15, 0.2) is 0 Å². The predicted octanol–water partition coefficient (Wildman–Crippen LogP) is 1.21. The molecule has 0 saturated carbocycles. The van der Waals surface area contributed by atoms with Gasteiger partial charge in [0, 0.05) is 6.04 Å². The summed E-state index contributed by atoms with van der Waals surface area (Å²) in [7, 11) is 1.94. The van der Waals surface area contributed by atoms with Crippen molar-refractivity contribution in [1.82, 2.24) is 5.32 Å². The molecule has 0 bridgehead atoms. The predicted molar refractivity (Wildman–Crippen MR) is 33.1 cm³/mol. The van der Waals surface area contributed by atoms with Crippen LogP contribution in [0.2, 0.25) is 0 Å². The van der Waals surface area contributed by atoms with Gasteiger partial charge >= 0.3 is 0 Å². The molecule has 1 radical (unpaired) electrons. The molecule has 1 heteroatoms. The van der Waals surface area contributed by atoms with Gasteiger partial charge in [0.25, 0.3) is 0 Å². The topological polar surface area (TPSA) is 12.0 Å². The van der Waals surface area contributed by atoms with E-state index in [1.807, 2.05) is 7.05 Å². The highest BCUT2D eigenvalue weighted by Crippen LogP contribution is 1.91. The average Bonchev–Trinajstić information content (AvgIpc) is 1.68. The van der Waals surface area contributed by atoms with E-state index < -0.39 is 0 Å². The Morgan fingerprint density at radius 2 is 2.29 bits per heavy atom. The van der Waals surface area contributed by atoms with Crippen LogP contribution in [0.3, 0.4) is 0 Å². The Morgan fingerprint density at radius 1 is 1.71 bits per heavy atom. The second kappa shape index (κ2) is 4.13. The van der Waals surface area contributed by atoms with Crippen molar-refractivity contribution < 1.29 is 0 Å². The lowest BCUT2D eigenvalue weighted by Gasteiger charge is -2.05. The second-order valence-electron chi connectivity index (χ2n) is 1.77. The van der Waals surface area contributed by atoms with Crippen LogP contribution < -0.4 is 5.32 Å². The smallest absolute Gasteiger partial charge is 0.00645 e. The first-order valence-corrected chi connectivity index (χ1v) is 2.81. The highest BCUT2D eigenvalue weighted by molar-refractivity contribution is 4.63. The Balaban J connectivity index is 2.83. The molecule has 0 aromatic rings. The van der Waals surface area contributed by atoms with Gasteiger partial charge in [-0.1, -0.05) is 13.3 Å². The number of hydrogen-bond acceptors (Lipinski definition) is 1. The molecule has 0 amide bonds. The first-order valence-electron chi connectivity index (χ1n) is 2.81. The van der Waals surface area contributed by atoms with Crippen molar-refractivity contribution in [2.24, 2.45) is 0 Å². The molecule has 0 aliphatic carbocycles. The molecule has 0 rings (SSSR count). The van der Waals surface area contributed by atoms with E-state index in [4.69, 9.17) is 0 Å². The minimum atomic E-state index is 0.449. The van der Waals surface area contributed by atoms with Gasteiger partial charge in [-0.15, -0.1) is 0 Å². The van der Waals surface area contributed by atoms with Crippen LogP contribution in [0.1, 0.15) is 19.8 Å². The lowest BCUT2D eigenvalue weighted by molar-refractivity contribution is 0.601. The van der Waals surface area contributed by atoms with Crippen molar-refractivity contribution in [1.29, 1.82) is 0 Å². The maximum absolute atomic E-state index is 3.84. The van der Waals surface area contributed by atoms with Crippen molar-refractivity contribution in [2.45, 2.75) is 25.8 Å². The summed E-state index contributed by atoms with van der Waals surface area (Å²) in [5, 5.41) is 3.05. The van der Waals surface area contributed by atoms with Gasteiger partial charge in [0.05, 0.1) is 0 Å². The Hall–Kier alpha value is -0.0400. The minimum Gasteiger partial charge on any atom is -0.317 e. The summed E-state index contributed by atoms with van der Waals surface area (Å²) in [5.41, 5.74) is 0. The van der Waals surface area contributed by atoms with Crippen molar-refractivity contribution in [3.8, 4) is 0 Å². The van der Waals surface area contributed by atoms with Crippen LogP contribution in [0.4, 0.5) is 0 Å². The number of hydrogen-bond donors (Lipinski definition) is 1. The van der Waals surface area contributed by atoms with Gasteiger partial charge < -0.3 is 5.32 Å². The standard InChI is InChI=1S/C6H14N/c1-4-5-6(2)7-3/h6-7H,2,4-5H2,1,3H3. The van der Waals surface area contributed by atoms with E-state index in [0.29, 0.717) is 6.04 Å². The Kier molecular flexibility index (Phi) is 4.10. The van der Waals surface area contributed by atoms with Crippen LogP contribution in [-0.4, -0.2) is 13.1 Å². The van der Waals surface area contributed by atoms with Gasteiger partial charge in [-0.25, -0.2) is 0 Å². The van der Waals surface area contributed by atoms with E-state index in [2.05, 4.69) is 19.2 Å². The van der Waals surface area contributed by atoms with Gasteiger partial charge in [-0.3, -0.25) is 0 Å². The zero-order valence-electron chi connectivity index (χ0n) is 5.20. The zero-order valence-corrected chi connectivity index (χ0v) is 5.20. The zero-order chi connectivity index (χ0) is 5.70. The van der Waals surface area contributed by atoms with Crippen LogP contribution in [0.25, 0.3) is 0 Å². The third-order valence-corrected chi connectivity index (χ3v) is 1.05. The first-order chi connectivity index (χ1) is 3.31. The second-order valence-corrected chi connectivity index (χ2v) is 1.77. The monoisotopic (exact) mass is 100 g/mol. The molecule has 0 saturated heterocycles. The third kappa shape index (κ3) is 3.80. The van der Waals surface area contributed by atoms with Crippen molar-refractivity contribution in [2.75, 3.05) is 7.05 Å². The van der Waals surface area contributed by atoms with Gasteiger partial charge in [-0.2, -0.15) is 0 Å². The molecule has 0 heterocycles. The van der Waals surface area contributed by atoms with Crippen molar-refractivity contribution in [3.63, 3.8) is 0 Å². The summed E-state index contributed by atoms with van der Waals surface area (Å²) in [4.78, 5) is 0. The molecule has 0 aliphatic heterocycles. The number of nitrogens with one attached hydrogen (secondary N) is 1. The first kappa shape index (κ1) is 6.96. The summed E-state index contributed by atoms with van der Waals surface area (Å²) < 4.78 is 0. The fraction of sp³-hybridized carbons (Fsp3) is 0.833. The largest absolute Gasteiger partial charge is 0.317 e. The molecule has 1 unspecified atom stereocenters. The van der Waals surface area contributed by atoms with Gasteiger partial charge in [-0.05, 0) is 20.4 Å². The van der Waals surface area contributed by atoms with E-state index in [1.165, 1.54) is 12.8 Å². The molecule has 43 valence electrons. The fourth-order valence-corrected chi connectivity index (χ4v) is 0.493. The van der Waals surface area contributed by atoms with Crippen molar-refractivity contribution in [3.05, 3.63) is 6.92 Å². The molecule has 0 spiro atoms. The van der Waals surface area contributed by atoms with Gasteiger partial charge in [0.15, 0.2) is 0 Å². The molecule has 0 aromatic heterocycles. The fourth-order valence-electron chi connectivity index (χ4n) is 0.493. The average molecular weight is 100 g/mol. The maximum Gasteiger partial charge on any atom is 0.00645 e. The molecule has 1 N–H and O–H groups in total. The molecule has 0 aliphatic rings. The summed E-state index contributed by atoms with van der Waals surface area (Å²) in [6.45, 7) is 6.00. The highest BCUT2D eigenvalue weighted by Gasteiger charge is 1.91. The van der Waals surface area contributed by atoms with Crippen LogP contribution in [-0.2, 0) is 0 Å². The van der Waals surface area contributed by atoms with Crippen LogP contribution in [0.5, 0.6) is 0 Å². The molecule has 1 nitrogen and oxygen atoms in total. The molecule has 0 aromatic carbocycles. The van der Waals surface area contributed by atoms with E-state index >= 15 is 0 Å². The highest BCUT2D eigenvalue weighted by atomic mass is 14.8. The van der Waals surface area contributed by atoms with E-state index in [0.717, 1.165) is 0 Å². The molecular formula is C6H14N. The number of rotatable bonds is 3. The van der Waals surface area contributed by atoms with Gasteiger partial charge in [0.1, 0.15) is 0 Å². The quantitative estimate of drug-likeness (QED) is 0.562. The molecule has 1 atom stereocenters. The lowest BCUT2D eigenvalue weighted by Crippen LogP contribution is -2.20. The SMILES string of the molecule is [CH2]C(CCC)NC. The van der Waals surface area contributed by atoms with E-state index in [9.17, 15) is 0 Å². The van der Waals surface area contributed by atoms with Gasteiger partial charge in [0.2, 0.25) is 0 Å². The Morgan fingerprint density at radius 3 is 2.43 bits per heavy atom. The van der Waals surface area contributed by atoms with E-state index in [1.54, 1.807) is 0 Å². The Labute approximate surface area is 46.1 Å². The van der Waals surface area contributed by atoms with E-state index in [-0.39, 0.29) is 0 Å². The molecule has 0 fully saturated rings. The van der Waals surface area contributed by atoms with Crippen LogP contribution in [0, 0.1) is 6.92 Å². The summed E-state index contributed by atoms with van der Waals surface area (Å²) >= 11 is 0. The normalized spacial score (nSPS) is 14.1.